The highest BCUT2D eigenvalue weighted by molar-refractivity contribution is 9.13. The smallest absolute Gasteiger partial charge is 0.387 e. The Bertz CT molecular complexity index is 694. The number of amides is 1. The first-order valence-electron chi connectivity index (χ1n) is 5.76. The normalized spacial score (nSPS) is 10.6. The average molecular weight is 441 g/mol. The molecule has 2 aromatic rings. The van der Waals surface area contributed by atoms with Crippen molar-refractivity contribution in [1.82, 2.24) is 10.2 Å². The molecular formula is C12H9Br2F2N3O3. The van der Waals surface area contributed by atoms with Crippen molar-refractivity contribution in [2.45, 2.75) is 6.61 Å². The number of aromatic nitrogens is 2. The maximum absolute atomic E-state index is 12.2. The van der Waals surface area contributed by atoms with Crippen LogP contribution in [0.5, 0.6) is 11.5 Å². The van der Waals surface area contributed by atoms with Crippen LogP contribution in [-0.4, -0.2) is 29.8 Å². The molecule has 0 atom stereocenters. The fourth-order valence-electron chi connectivity index (χ4n) is 1.59. The van der Waals surface area contributed by atoms with Gasteiger partial charge in [-0.05, 0) is 44.0 Å². The number of H-pyrrole nitrogens is 1. The molecule has 0 aliphatic heterocycles. The van der Waals surface area contributed by atoms with Gasteiger partial charge in [0.2, 0.25) is 0 Å². The minimum Gasteiger partial charge on any atom is -0.493 e. The van der Waals surface area contributed by atoms with Crippen molar-refractivity contribution >= 4 is 43.5 Å². The SMILES string of the molecule is COc1cc(NC(=O)c2n[nH]c(Br)c2Br)ccc1OC(F)F. The zero-order chi connectivity index (χ0) is 16.3. The molecule has 10 heteroatoms. The average Bonchev–Trinajstić information content (AvgIpc) is 2.80. The Morgan fingerprint density at radius 1 is 1.36 bits per heavy atom. The lowest BCUT2D eigenvalue weighted by Gasteiger charge is -2.11. The van der Waals surface area contributed by atoms with Gasteiger partial charge in [-0.25, -0.2) is 0 Å². The number of anilines is 1. The molecule has 22 heavy (non-hydrogen) atoms. The van der Waals surface area contributed by atoms with Gasteiger partial charge in [-0.2, -0.15) is 13.9 Å². The molecule has 0 bridgehead atoms. The maximum atomic E-state index is 12.2. The van der Waals surface area contributed by atoms with E-state index in [2.05, 4.69) is 52.1 Å². The lowest BCUT2D eigenvalue weighted by Crippen LogP contribution is -2.13. The number of rotatable bonds is 5. The van der Waals surface area contributed by atoms with Crippen LogP contribution >= 0.6 is 31.9 Å². The van der Waals surface area contributed by atoms with Crippen LogP contribution in [0.15, 0.2) is 27.3 Å². The molecule has 1 heterocycles. The molecule has 0 aliphatic carbocycles. The van der Waals surface area contributed by atoms with Gasteiger partial charge < -0.3 is 14.8 Å². The standard InChI is InChI=1S/C12H9Br2F2N3O3/c1-21-7-4-5(2-3-6(7)22-12(15)16)17-11(20)9-8(13)10(14)19-18-9/h2-4,12H,1H3,(H,17,20)(H,18,19). The zero-order valence-corrected chi connectivity index (χ0v) is 14.2. The van der Waals surface area contributed by atoms with Gasteiger partial charge in [-0.1, -0.05) is 0 Å². The molecular weight excluding hydrogens is 432 g/mol. The number of alkyl halides is 2. The third-order valence-corrected chi connectivity index (χ3v) is 4.40. The lowest BCUT2D eigenvalue weighted by atomic mass is 10.2. The van der Waals surface area contributed by atoms with Gasteiger partial charge in [0.1, 0.15) is 4.60 Å². The predicted molar refractivity (Wildman–Crippen MR) is 81.6 cm³/mol. The molecule has 0 spiro atoms. The number of halogens is 4. The van der Waals surface area contributed by atoms with Crippen molar-refractivity contribution in [2.24, 2.45) is 0 Å². The molecule has 2 rings (SSSR count). The van der Waals surface area contributed by atoms with Gasteiger partial charge in [0.05, 0.1) is 11.6 Å². The summed E-state index contributed by atoms with van der Waals surface area (Å²) in [6, 6.07) is 4.05. The van der Waals surface area contributed by atoms with Crippen LogP contribution in [0.3, 0.4) is 0 Å². The zero-order valence-electron chi connectivity index (χ0n) is 11.0. The molecule has 1 aromatic carbocycles. The number of benzene rings is 1. The number of hydrogen-bond acceptors (Lipinski definition) is 4. The summed E-state index contributed by atoms with van der Waals surface area (Å²) in [5.41, 5.74) is 0.480. The van der Waals surface area contributed by atoms with E-state index in [1.807, 2.05) is 0 Å². The van der Waals surface area contributed by atoms with E-state index in [0.717, 1.165) is 0 Å². The largest absolute Gasteiger partial charge is 0.493 e. The Kier molecular flexibility index (Phi) is 5.35. The van der Waals surface area contributed by atoms with Crippen molar-refractivity contribution in [3.8, 4) is 11.5 Å². The first-order chi connectivity index (χ1) is 10.4. The maximum Gasteiger partial charge on any atom is 0.387 e. The summed E-state index contributed by atoms with van der Waals surface area (Å²) in [7, 11) is 1.31. The molecule has 118 valence electrons. The Hall–Kier alpha value is -1.68. The molecule has 6 nitrogen and oxygen atoms in total. The van der Waals surface area contributed by atoms with Crippen LogP contribution < -0.4 is 14.8 Å². The van der Waals surface area contributed by atoms with E-state index >= 15 is 0 Å². The number of aromatic amines is 1. The Morgan fingerprint density at radius 3 is 2.64 bits per heavy atom. The third kappa shape index (κ3) is 3.74. The summed E-state index contributed by atoms with van der Waals surface area (Å²) in [4.78, 5) is 12.1. The van der Waals surface area contributed by atoms with Crippen molar-refractivity contribution in [3.63, 3.8) is 0 Å². The van der Waals surface area contributed by atoms with Crippen molar-refractivity contribution < 1.29 is 23.0 Å². The molecule has 0 aliphatic rings. The summed E-state index contributed by atoms with van der Waals surface area (Å²) < 4.78 is 34.7. The van der Waals surface area contributed by atoms with Crippen molar-refractivity contribution in [1.29, 1.82) is 0 Å². The molecule has 0 saturated carbocycles. The van der Waals surface area contributed by atoms with Crippen molar-refractivity contribution in [2.75, 3.05) is 12.4 Å². The molecule has 0 saturated heterocycles. The highest BCUT2D eigenvalue weighted by Crippen LogP contribution is 2.32. The van der Waals surface area contributed by atoms with Crippen LogP contribution in [0.4, 0.5) is 14.5 Å². The Labute approximate surface area is 140 Å². The van der Waals surface area contributed by atoms with Gasteiger partial charge in [-0.15, -0.1) is 0 Å². The fraction of sp³-hybridized carbons (Fsp3) is 0.167. The summed E-state index contributed by atoms with van der Waals surface area (Å²) in [6.45, 7) is -2.97. The van der Waals surface area contributed by atoms with Crippen LogP contribution in [-0.2, 0) is 0 Å². The van der Waals surface area contributed by atoms with E-state index in [1.165, 1.54) is 25.3 Å². The Balaban J connectivity index is 2.19. The highest BCUT2D eigenvalue weighted by atomic mass is 79.9. The summed E-state index contributed by atoms with van der Waals surface area (Å²) in [5, 5.41) is 8.99. The first-order valence-corrected chi connectivity index (χ1v) is 7.34. The minimum absolute atomic E-state index is 0.0698. The van der Waals surface area contributed by atoms with E-state index in [1.54, 1.807) is 0 Å². The van der Waals surface area contributed by atoms with Gasteiger partial charge in [0, 0.05) is 11.8 Å². The Morgan fingerprint density at radius 2 is 2.09 bits per heavy atom. The number of methoxy groups -OCH3 is 1. The van der Waals surface area contributed by atoms with E-state index in [0.29, 0.717) is 14.8 Å². The molecule has 1 aromatic heterocycles. The number of carbonyl (C=O) groups excluding carboxylic acids is 1. The fourth-order valence-corrected chi connectivity index (χ4v) is 2.22. The van der Waals surface area contributed by atoms with Crippen molar-refractivity contribution in [3.05, 3.63) is 33.0 Å². The number of carbonyl (C=O) groups is 1. The van der Waals surface area contributed by atoms with Crippen LogP contribution in [0.2, 0.25) is 0 Å². The predicted octanol–water partition coefficient (Wildman–Crippen LogP) is 3.80. The summed E-state index contributed by atoms with van der Waals surface area (Å²) in [6.07, 6.45) is 0. The van der Waals surface area contributed by atoms with Gasteiger partial charge >= 0.3 is 6.61 Å². The topological polar surface area (TPSA) is 76.2 Å². The van der Waals surface area contributed by atoms with E-state index in [-0.39, 0.29) is 17.2 Å². The highest BCUT2D eigenvalue weighted by Gasteiger charge is 2.18. The molecule has 0 radical (unpaired) electrons. The second-order valence-corrected chi connectivity index (χ2v) is 5.48. The van der Waals surface area contributed by atoms with E-state index in [9.17, 15) is 13.6 Å². The number of hydrogen-bond donors (Lipinski definition) is 2. The summed E-state index contributed by atoms with van der Waals surface area (Å²) >= 11 is 6.37. The number of ether oxygens (including phenoxy) is 2. The second-order valence-electron chi connectivity index (χ2n) is 3.90. The molecule has 0 unspecified atom stereocenters. The third-order valence-electron chi connectivity index (χ3n) is 2.52. The van der Waals surface area contributed by atoms with E-state index < -0.39 is 12.5 Å². The summed E-state index contributed by atoms with van der Waals surface area (Å²) in [5.74, 6) is -0.544. The molecule has 0 fully saturated rings. The molecule has 2 N–H and O–H groups in total. The van der Waals surface area contributed by atoms with Crippen LogP contribution in [0, 0.1) is 0 Å². The van der Waals surface area contributed by atoms with E-state index in [4.69, 9.17) is 4.74 Å². The second kappa shape index (κ2) is 7.05. The van der Waals surface area contributed by atoms with Gasteiger partial charge in [0.15, 0.2) is 17.2 Å². The number of nitrogens with one attached hydrogen (secondary N) is 2. The van der Waals surface area contributed by atoms with Crippen LogP contribution in [0.1, 0.15) is 10.5 Å². The minimum atomic E-state index is -2.97. The first kappa shape index (κ1) is 16.7. The molecule has 1 amide bonds. The number of nitrogens with zero attached hydrogens (tertiary/aromatic N) is 1. The van der Waals surface area contributed by atoms with Gasteiger partial charge in [0.25, 0.3) is 5.91 Å². The van der Waals surface area contributed by atoms with Gasteiger partial charge in [-0.3, -0.25) is 9.89 Å². The quantitative estimate of drug-likeness (QED) is 0.741. The van der Waals surface area contributed by atoms with Crippen LogP contribution in [0.25, 0.3) is 0 Å². The lowest BCUT2D eigenvalue weighted by molar-refractivity contribution is -0.0512. The monoisotopic (exact) mass is 439 g/mol.